The summed E-state index contributed by atoms with van der Waals surface area (Å²) >= 11 is 0. The number of anilines is 1. The highest BCUT2D eigenvalue weighted by atomic mass is 16.5. The van der Waals surface area contributed by atoms with E-state index in [1.54, 1.807) is 6.20 Å². The van der Waals surface area contributed by atoms with Crippen LogP contribution in [-0.4, -0.2) is 41.5 Å². The molecule has 5 heteroatoms. The smallest absolute Gasteiger partial charge is 0.238 e. The zero-order chi connectivity index (χ0) is 18.4. The Labute approximate surface area is 155 Å². The molecule has 1 aromatic carbocycles. The number of hydrogen-bond acceptors (Lipinski definition) is 4. The van der Waals surface area contributed by atoms with Crippen LogP contribution >= 0.6 is 0 Å². The molecule has 1 atom stereocenters. The van der Waals surface area contributed by atoms with E-state index in [1.807, 2.05) is 36.4 Å². The lowest BCUT2D eigenvalue weighted by Crippen LogP contribution is -2.43. The van der Waals surface area contributed by atoms with Crippen molar-refractivity contribution in [1.29, 1.82) is 0 Å². The van der Waals surface area contributed by atoms with Crippen molar-refractivity contribution in [2.45, 2.75) is 39.4 Å². The number of pyridine rings is 1. The molecule has 1 aromatic heterocycles. The third-order valence-corrected chi connectivity index (χ3v) is 4.81. The SMILES string of the molecule is Cc1ccc(NC(=O)CN2CCC[C@H](OCc3ccccn3)C2)cc1C. The molecule has 3 rings (SSSR count). The number of aromatic nitrogens is 1. The number of piperidine rings is 1. The molecule has 1 saturated heterocycles. The third kappa shape index (κ3) is 5.38. The zero-order valence-electron chi connectivity index (χ0n) is 15.6. The first-order valence-electron chi connectivity index (χ1n) is 9.21. The molecule has 138 valence electrons. The first-order chi connectivity index (χ1) is 12.6. The van der Waals surface area contributed by atoms with Crippen molar-refractivity contribution in [2.24, 2.45) is 0 Å². The van der Waals surface area contributed by atoms with E-state index in [4.69, 9.17) is 4.74 Å². The summed E-state index contributed by atoms with van der Waals surface area (Å²) in [6.07, 6.45) is 4.01. The van der Waals surface area contributed by atoms with Gasteiger partial charge in [-0.25, -0.2) is 0 Å². The maximum atomic E-state index is 12.4. The summed E-state index contributed by atoms with van der Waals surface area (Å²) in [5.74, 6) is 0.0265. The molecule has 0 unspecified atom stereocenters. The second-order valence-electron chi connectivity index (χ2n) is 6.98. The van der Waals surface area contributed by atoms with Crippen molar-refractivity contribution in [2.75, 3.05) is 25.0 Å². The molecule has 1 aliphatic rings. The number of rotatable bonds is 6. The minimum absolute atomic E-state index is 0.0265. The fourth-order valence-corrected chi connectivity index (χ4v) is 3.20. The number of benzene rings is 1. The standard InChI is InChI=1S/C21H27N3O2/c1-16-8-9-18(12-17(16)2)23-21(25)14-24-11-5-7-20(13-24)26-15-19-6-3-4-10-22-19/h3-4,6,8-10,12,20H,5,7,11,13-15H2,1-2H3,(H,23,25)/t20-/m0/s1. The van der Waals surface area contributed by atoms with E-state index < -0.39 is 0 Å². The van der Waals surface area contributed by atoms with Gasteiger partial charge >= 0.3 is 0 Å². The van der Waals surface area contributed by atoms with Crippen LogP contribution in [0.2, 0.25) is 0 Å². The highest BCUT2D eigenvalue weighted by molar-refractivity contribution is 5.92. The first-order valence-corrected chi connectivity index (χ1v) is 9.21. The minimum Gasteiger partial charge on any atom is -0.371 e. The molecule has 26 heavy (non-hydrogen) atoms. The van der Waals surface area contributed by atoms with Gasteiger partial charge in [0, 0.05) is 18.4 Å². The van der Waals surface area contributed by atoms with Crippen LogP contribution in [0.15, 0.2) is 42.6 Å². The monoisotopic (exact) mass is 353 g/mol. The minimum atomic E-state index is 0.0265. The molecule has 5 nitrogen and oxygen atoms in total. The molecule has 1 aliphatic heterocycles. The number of aryl methyl sites for hydroxylation is 2. The van der Waals surface area contributed by atoms with Gasteiger partial charge in [0.25, 0.3) is 0 Å². The van der Waals surface area contributed by atoms with E-state index in [0.29, 0.717) is 13.2 Å². The second-order valence-corrected chi connectivity index (χ2v) is 6.98. The Morgan fingerprint density at radius 3 is 2.92 bits per heavy atom. The van der Waals surface area contributed by atoms with E-state index in [1.165, 1.54) is 11.1 Å². The lowest BCUT2D eigenvalue weighted by Gasteiger charge is -2.32. The van der Waals surface area contributed by atoms with Crippen molar-refractivity contribution < 1.29 is 9.53 Å². The molecule has 1 N–H and O–H groups in total. The molecule has 0 spiro atoms. The van der Waals surface area contributed by atoms with Crippen molar-refractivity contribution in [1.82, 2.24) is 9.88 Å². The fourth-order valence-electron chi connectivity index (χ4n) is 3.20. The van der Waals surface area contributed by atoms with E-state index in [2.05, 4.69) is 29.0 Å². The van der Waals surface area contributed by atoms with Crippen LogP contribution in [0.25, 0.3) is 0 Å². The number of hydrogen-bond donors (Lipinski definition) is 1. The van der Waals surface area contributed by atoms with Crippen LogP contribution in [0, 0.1) is 13.8 Å². The molecular formula is C21H27N3O2. The third-order valence-electron chi connectivity index (χ3n) is 4.81. The quantitative estimate of drug-likeness (QED) is 0.866. The summed E-state index contributed by atoms with van der Waals surface area (Å²) in [5.41, 5.74) is 4.21. The molecule has 0 aliphatic carbocycles. The Bertz CT molecular complexity index is 733. The van der Waals surface area contributed by atoms with Gasteiger partial charge in [-0.2, -0.15) is 0 Å². The number of carbonyl (C=O) groups excluding carboxylic acids is 1. The normalized spacial score (nSPS) is 17.8. The van der Waals surface area contributed by atoms with Gasteiger partial charge in [-0.1, -0.05) is 12.1 Å². The average molecular weight is 353 g/mol. The predicted octanol–water partition coefficient (Wildman–Crippen LogP) is 3.32. The first kappa shape index (κ1) is 18.5. The van der Waals surface area contributed by atoms with Crippen LogP contribution < -0.4 is 5.32 Å². The predicted molar refractivity (Wildman–Crippen MR) is 103 cm³/mol. The number of nitrogens with zero attached hydrogens (tertiary/aromatic N) is 2. The van der Waals surface area contributed by atoms with E-state index in [9.17, 15) is 4.79 Å². The average Bonchev–Trinajstić information content (AvgIpc) is 2.64. The van der Waals surface area contributed by atoms with Crippen LogP contribution in [0.1, 0.15) is 29.7 Å². The second kappa shape index (κ2) is 8.92. The maximum absolute atomic E-state index is 12.4. The lowest BCUT2D eigenvalue weighted by molar-refractivity contribution is -0.118. The summed E-state index contributed by atoms with van der Waals surface area (Å²) in [6.45, 7) is 6.76. The molecule has 0 bridgehead atoms. The zero-order valence-corrected chi connectivity index (χ0v) is 15.6. The van der Waals surface area contributed by atoms with Gasteiger partial charge in [-0.15, -0.1) is 0 Å². The van der Waals surface area contributed by atoms with Gasteiger partial charge < -0.3 is 10.1 Å². The van der Waals surface area contributed by atoms with Crippen molar-refractivity contribution in [3.05, 3.63) is 59.4 Å². The Kier molecular flexibility index (Phi) is 6.36. The van der Waals surface area contributed by atoms with Gasteiger partial charge in [0.15, 0.2) is 0 Å². The molecular weight excluding hydrogens is 326 g/mol. The summed E-state index contributed by atoms with van der Waals surface area (Å²) in [5, 5.41) is 3.00. The topological polar surface area (TPSA) is 54.5 Å². The maximum Gasteiger partial charge on any atom is 0.238 e. The number of carbonyl (C=O) groups is 1. The summed E-state index contributed by atoms with van der Waals surface area (Å²) in [7, 11) is 0. The van der Waals surface area contributed by atoms with E-state index in [0.717, 1.165) is 37.3 Å². The van der Waals surface area contributed by atoms with Gasteiger partial charge in [-0.05, 0) is 68.6 Å². The molecule has 1 fully saturated rings. The fraction of sp³-hybridized carbons (Fsp3) is 0.429. The highest BCUT2D eigenvalue weighted by Gasteiger charge is 2.22. The summed E-state index contributed by atoms with van der Waals surface area (Å²) < 4.78 is 5.99. The molecule has 0 radical (unpaired) electrons. The summed E-state index contributed by atoms with van der Waals surface area (Å²) in [4.78, 5) is 18.8. The number of amides is 1. The van der Waals surface area contributed by atoms with Crippen LogP contribution in [0.5, 0.6) is 0 Å². The van der Waals surface area contributed by atoms with Gasteiger partial charge in [0.05, 0.1) is 24.9 Å². The molecule has 2 aromatic rings. The van der Waals surface area contributed by atoms with Gasteiger partial charge in [0.1, 0.15) is 0 Å². The van der Waals surface area contributed by atoms with Crippen LogP contribution in [0.3, 0.4) is 0 Å². The number of nitrogens with one attached hydrogen (secondary N) is 1. The van der Waals surface area contributed by atoms with E-state index in [-0.39, 0.29) is 12.0 Å². The molecule has 0 saturated carbocycles. The van der Waals surface area contributed by atoms with Crippen LogP contribution in [0.4, 0.5) is 5.69 Å². The Morgan fingerprint density at radius 1 is 1.27 bits per heavy atom. The Hall–Kier alpha value is -2.24. The number of likely N-dealkylation sites (tertiary alicyclic amines) is 1. The Morgan fingerprint density at radius 2 is 2.15 bits per heavy atom. The van der Waals surface area contributed by atoms with Gasteiger partial charge in [0.2, 0.25) is 5.91 Å². The molecule has 1 amide bonds. The lowest BCUT2D eigenvalue weighted by atomic mass is 10.1. The van der Waals surface area contributed by atoms with Crippen LogP contribution in [-0.2, 0) is 16.1 Å². The highest BCUT2D eigenvalue weighted by Crippen LogP contribution is 2.16. The molecule has 2 heterocycles. The van der Waals surface area contributed by atoms with Gasteiger partial charge in [-0.3, -0.25) is 14.7 Å². The summed E-state index contributed by atoms with van der Waals surface area (Å²) in [6, 6.07) is 11.8. The van der Waals surface area contributed by atoms with Crippen molar-refractivity contribution in [3.63, 3.8) is 0 Å². The van der Waals surface area contributed by atoms with E-state index >= 15 is 0 Å². The largest absolute Gasteiger partial charge is 0.371 e. The Balaban J connectivity index is 1.46. The van der Waals surface area contributed by atoms with Crippen molar-refractivity contribution in [3.8, 4) is 0 Å². The number of ether oxygens (including phenoxy) is 1. The van der Waals surface area contributed by atoms with Crippen molar-refractivity contribution >= 4 is 11.6 Å².